The quantitative estimate of drug-likeness (QED) is 0.561. The first-order valence-electron chi connectivity index (χ1n) is 3.95. The average molecular weight is 178 g/mol. The van der Waals surface area contributed by atoms with Crippen LogP contribution in [0.2, 0.25) is 0 Å². The molecule has 5 heteroatoms. The SMILES string of the molecule is NCN1NC(=O)c2ccccc2N1. The molecule has 1 aliphatic rings. The van der Waals surface area contributed by atoms with Crippen molar-refractivity contribution in [1.29, 1.82) is 0 Å². The van der Waals surface area contributed by atoms with Crippen LogP contribution in [0.1, 0.15) is 10.4 Å². The second kappa shape index (κ2) is 3.04. The van der Waals surface area contributed by atoms with Gasteiger partial charge in [-0.2, -0.15) is 0 Å². The number of carbonyl (C=O) groups excluding carboxylic acids is 1. The number of rotatable bonds is 1. The van der Waals surface area contributed by atoms with E-state index in [4.69, 9.17) is 5.73 Å². The predicted octanol–water partition coefficient (Wildman–Crippen LogP) is -0.110. The van der Waals surface area contributed by atoms with E-state index >= 15 is 0 Å². The second-order valence-electron chi connectivity index (χ2n) is 2.71. The minimum absolute atomic E-state index is 0.139. The number of hydrazine groups is 2. The van der Waals surface area contributed by atoms with Crippen molar-refractivity contribution in [2.45, 2.75) is 0 Å². The predicted molar refractivity (Wildman–Crippen MR) is 48.4 cm³/mol. The molecule has 0 unspecified atom stereocenters. The summed E-state index contributed by atoms with van der Waals surface area (Å²) in [4.78, 5) is 11.4. The Morgan fingerprint density at radius 2 is 2.08 bits per heavy atom. The van der Waals surface area contributed by atoms with E-state index in [1.807, 2.05) is 18.2 Å². The van der Waals surface area contributed by atoms with Crippen molar-refractivity contribution in [3.05, 3.63) is 29.8 Å². The molecule has 68 valence electrons. The van der Waals surface area contributed by atoms with Gasteiger partial charge in [-0.3, -0.25) is 15.6 Å². The molecule has 1 amide bonds. The van der Waals surface area contributed by atoms with Gasteiger partial charge >= 0.3 is 0 Å². The Morgan fingerprint density at radius 3 is 2.85 bits per heavy atom. The molecular formula is C8H10N4O. The lowest BCUT2D eigenvalue weighted by Crippen LogP contribution is -2.52. The molecule has 13 heavy (non-hydrogen) atoms. The normalized spacial score (nSPS) is 15.9. The van der Waals surface area contributed by atoms with Crippen molar-refractivity contribution in [2.75, 3.05) is 12.1 Å². The Kier molecular flexibility index (Phi) is 1.88. The van der Waals surface area contributed by atoms with Crippen LogP contribution in [0.15, 0.2) is 24.3 Å². The zero-order chi connectivity index (χ0) is 9.26. The summed E-state index contributed by atoms with van der Waals surface area (Å²) in [6.07, 6.45) is 0. The Bertz CT molecular complexity index is 339. The van der Waals surface area contributed by atoms with E-state index in [0.29, 0.717) is 5.56 Å². The summed E-state index contributed by atoms with van der Waals surface area (Å²) in [6, 6.07) is 7.26. The largest absolute Gasteiger partial charge is 0.315 e. The number of benzene rings is 1. The molecule has 0 aliphatic carbocycles. The van der Waals surface area contributed by atoms with Gasteiger partial charge in [-0.1, -0.05) is 12.1 Å². The van der Waals surface area contributed by atoms with Gasteiger partial charge in [0.15, 0.2) is 0 Å². The summed E-state index contributed by atoms with van der Waals surface area (Å²) in [7, 11) is 0. The van der Waals surface area contributed by atoms with Gasteiger partial charge in [-0.25, -0.2) is 0 Å². The molecule has 0 radical (unpaired) electrons. The number of nitrogens with one attached hydrogen (secondary N) is 2. The van der Waals surface area contributed by atoms with Gasteiger partial charge in [-0.15, -0.1) is 5.12 Å². The van der Waals surface area contributed by atoms with Crippen LogP contribution in [0, 0.1) is 0 Å². The van der Waals surface area contributed by atoms with Crippen molar-refractivity contribution in [2.24, 2.45) is 5.73 Å². The van der Waals surface area contributed by atoms with Crippen LogP contribution in [0.3, 0.4) is 0 Å². The number of carbonyl (C=O) groups is 1. The molecule has 0 spiro atoms. The Morgan fingerprint density at radius 1 is 1.31 bits per heavy atom. The molecule has 1 aromatic rings. The van der Waals surface area contributed by atoms with Crippen LogP contribution in [-0.4, -0.2) is 17.7 Å². The maximum Gasteiger partial charge on any atom is 0.269 e. The number of anilines is 1. The number of para-hydroxylation sites is 1. The highest BCUT2D eigenvalue weighted by Gasteiger charge is 2.19. The fourth-order valence-corrected chi connectivity index (χ4v) is 1.23. The standard InChI is InChI=1S/C8H10N4O/c9-5-12-10-7-4-2-1-3-6(7)8(13)11-12/h1-4,10H,5,9H2,(H,11,13). The lowest BCUT2D eigenvalue weighted by atomic mass is 10.1. The lowest BCUT2D eigenvalue weighted by Gasteiger charge is -2.28. The van der Waals surface area contributed by atoms with E-state index in [1.54, 1.807) is 6.07 Å². The molecule has 0 fully saturated rings. The fourth-order valence-electron chi connectivity index (χ4n) is 1.23. The molecule has 1 heterocycles. The molecule has 2 rings (SSSR count). The van der Waals surface area contributed by atoms with Gasteiger partial charge in [0.25, 0.3) is 5.91 Å². The molecule has 0 saturated carbocycles. The van der Waals surface area contributed by atoms with Gasteiger partial charge in [0.1, 0.15) is 0 Å². The zero-order valence-electron chi connectivity index (χ0n) is 6.95. The first kappa shape index (κ1) is 8.03. The molecular weight excluding hydrogens is 168 g/mol. The van der Waals surface area contributed by atoms with E-state index in [-0.39, 0.29) is 12.6 Å². The zero-order valence-corrected chi connectivity index (χ0v) is 6.95. The second-order valence-corrected chi connectivity index (χ2v) is 2.71. The Balaban J connectivity index is 2.37. The molecule has 5 nitrogen and oxygen atoms in total. The van der Waals surface area contributed by atoms with E-state index < -0.39 is 0 Å². The number of hydrogen-bond acceptors (Lipinski definition) is 4. The van der Waals surface area contributed by atoms with Gasteiger partial charge in [0.2, 0.25) is 0 Å². The van der Waals surface area contributed by atoms with E-state index in [0.717, 1.165) is 5.69 Å². The van der Waals surface area contributed by atoms with E-state index in [1.165, 1.54) is 5.12 Å². The summed E-state index contributed by atoms with van der Waals surface area (Å²) >= 11 is 0. The fraction of sp³-hybridized carbons (Fsp3) is 0.125. The molecule has 4 N–H and O–H groups in total. The van der Waals surface area contributed by atoms with E-state index in [2.05, 4.69) is 10.9 Å². The lowest BCUT2D eigenvalue weighted by molar-refractivity contribution is 0.0810. The van der Waals surface area contributed by atoms with E-state index in [9.17, 15) is 4.79 Å². The molecule has 1 aromatic carbocycles. The Hall–Kier alpha value is -1.59. The van der Waals surface area contributed by atoms with Crippen LogP contribution < -0.4 is 16.6 Å². The molecule has 0 aromatic heterocycles. The van der Waals surface area contributed by atoms with Crippen LogP contribution >= 0.6 is 0 Å². The van der Waals surface area contributed by atoms with Crippen molar-refractivity contribution < 1.29 is 4.79 Å². The summed E-state index contributed by atoms with van der Waals surface area (Å²) in [6.45, 7) is 0.222. The smallest absolute Gasteiger partial charge is 0.269 e. The third-order valence-corrected chi connectivity index (χ3v) is 1.85. The van der Waals surface area contributed by atoms with Crippen LogP contribution in [-0.2, 0) is 0 Å². The molecule has 0 saturated heterocycles. The third-order valence-electron chi connectivity index (χ3n) is 1.85. The van der Waals surface area contributed by atoms with Crippen molar-refractivity contribution in [3.63, 3.8) is 0 Å². The summed E-state index contributed by atoms with van der Waals surface area (Å²) in [5.41, 5.74) is 12.3. The maximum absolute atomic E-state index is 11.4. The van der Waals surface area contributed by atoms with Crippen molar-refractivity contribution >= 4 is 11.6 Å². The minimum Gasteiger partial charge on any atom is -0.315 e. The topological polar surface area (TPSA) is 70.4 Å². The number of nitrogens with two attached hydrogens (primary N) is 1. The van der Waals surface area contributed by atoms with Gasteiger partial charge in [0, 0.05) is 0 Å². The first-order valence-corrected chi connectivity index (χ1v) is 3.95. The number of amides is 1. The monoisotopic (exact) mass is 178 g/mol. The summed E-state index contributed by atoms with van der Waals surface area (Å²) in [5, 5.41) is 1.44. The number of fused-ring (bicyclic) bond motifs is 1. The van der Waals surface area contributed by atoms with Crippen LogP contribution in [0.4, 0.5) is 5.69 Å². The highest BCUT2D eigenvalue weighted by atomic mass is 16.2. The number of hydrogen-bond donors (Lipinski definition) is 3. The van der Waals surface area contributed by atoms with Crippen LogP contribution in [0.5, 0.6) is 0 Å². The highest BCUT2D eigenvalue weighted by Crippen LogP contribution is 2.17. The van der Waals surface area contributed by atoms with Crippen LogP contribution in [0.25, 0.3) is 0 Å². The highest BCUT2D eigenvalue weighted by molar-refractivity contribution is 6.00. The van der Waals surface area contributed by atoms with Gasteiger partial charge in [-0.05, 0) is 12.1 Å². The summed E-state index contributed by atoms with van der Waals surface area (Å²) < 4.78 is 0. The van der Waals surface area contributed by atoms with Crippen molar-refractivity contribution in [1.82, 2.24) is 10.5 Å². The average Bonchev–Trinajstić information content (AvgIpc) is 2.18. The summed E-state index contributed by atoms with van der Waals surface area (Å²) in [5.74, 6) is -0.139. The maximum atomic E-state index is 11.4. The Labute approximate surface area is 75.5 Å². The molecule has 1 aliphatic heterocycles. The van der Waals surface area contributed by atoms with Gasteiger partial charge in [0.05, 0.1) is 17.9 Å². The molecule has 0 atom stereocenters. The van der Waals surface area contributed by atoms with Gasteiger partial charge < -0.3 is 5.73 Å². The molecule has 0 bridgehead atoms. The number of nitrogens with zero attached hydrogens (tertiary/aromatic N) is 1. The first-order chi connectivity index (χ1) is 6.31. The minimum atomic E-state index is -0.139. The van der Waals surface area contributed by atoms with Crippen molar-refractivity contribution in [3.8, 4) is 0 Å². The third kappa shape index (κ3) is 1.34.